The minimum absolute atomic E-state index is 0.125. The summed E-state index contributed by atoms with van der Waals surface area (Å²) in [5.41, 5.74) is 2.11. The largest absolute Gasteiger partial charge is 0.480 e. The van der Waals surface area contributed by atoms with Gasteiger partial charge in [0.2, 0.25) is 0 Å². The van der Waals surface area contributed by atoms with E-state index in [0.29, 0.717) is 32.9 Å². The molecule has 1 heterocycles. The lowest BCUT2D eigenvalue weighted by molar-refractivity contribution is -0.135. The third-order valence-electron chi connectivity index (χ3n) is 4.44. The zero-order valence-electron chi connectivity index (χ0n) is 15.4. The Hall–Kier alpha value is -2.13. The number of anilines is 2. The van der Waals surface area contributed by atoms with Gasteiger partial charge >= 0.3 is 12.0 Å². The molecule has 2 amide bonds. The van der Waals surface area contributed by atoms with Gasteiger partial charge < -0.3 is 19.8 Å². The molecule has 0 fully saturated rings. The Kier molecular flexibility index (Phi) is 6.79. The third-order valence-corrected chi connectivity index (χ3v) is 5.89. The summed E-state index contributed by atoms with van der Waals surface area (Å²) in [5, 5.41) is 22.6. The third kappa shape index (κ3) is 4.90. The highest BCUT2D eigenvalue weighted by Crippen LogP contribution is 2.40. The van der Waals surface area contributed by atoms with Crippen LogP contribution >= 0.6 is 35.1 Å². The number of aliphatic hydroxyl groups is 1. The number of carbonyl (C=O) groups is 2. The summed E-state index contributed by atoms with van der Waals surface area (Å²) in [5.74, 6) is -1.25. The lowest BCUT2D eigenvalue weighted by Gasteiger charge is -2.23. The molecule has 7 nitrogen and oxygen atoms in total. The molecule has 0 aliphatic carbocycles. The lowest BCUT2D eigenvalue weighted by atomic mass is 10.0. The van der Waals surface area contributed by atoms with Crippen molar-refractivity contribution in [3.05, 3.63) is 52.0 Å². The number of carboxylic acid groups (broad SMARTS) is 1. The molecule has 3 rings (SSSR count). The lowest BCUT2D eigenvalue weighted by Crippen LogP contribution is -2.37. The van der Waals surface area contributed by atoms with Gasteiger partial charge in [0.25, 0.3) is 0 Å². The van der Waals surface area contributed by atoms with Crippen LogP contribution in [0.1, 0.15) is 11.5 Å². The molecule has 10 heteroatoms. The van der Waals surface area contributed by atoms with Crippen molar-refractivity contribution in [2.75, 3.05) is 35.9 Å². The number of amides is 2. The van der Waals surface area contributed by atoms with Crippen LogP contribution in [0.5, 0.6) is 0 Å². The highest BCUT2D eigenvalue weighted by molar-refractivity contribution is 8.00. The molecule has 1 aliphatic heterocycles. The van der Waals surface area contributed by atoms with Crippen LogP contribution in [0, 0.1) is 0 Å². The van der Waals surface area contributed by atoms with Crippen molar-refractivity contribution in [2.24, 2.45) is 0 Å². The molecular formula is C19H19Cl2N3O4S. The van der Waals surface area contributed by atoms with Crippen LogP contribution in [-0.4, -0.2) is 49.0 Å². The van der Waals surface area contributed by atoms with Crippen molar-refractivity contribution < 1.29 is 19.8 Å². The van der Waals surface area contributed by atoms with Crippen molar-refractivity contribution >= 4 is 58.5 Å². The number of halogens is 2. The summed E-state index contributed by atoms with van der Waals surface area (Å²) >= 11 is 13.3. The van der Waals surface area contributed by atoms with E-state index in [9.17, 15) is 19.8 Å². The second kappa shape index (κ2) is 9.13. The maximum Gasteiger partial charge on any atom is 0.324 e. The molecule has 0 bridgehead atoms. The van der Waals surface area contributed by atoms with Crippen molar-refractivity contribution in [1.82, 2.24) is 5.32 Å². The molecule has 29 heavy (non-hydrogen) atoms. The van der Waals surface area contributed by atoms with E-state index in [2.05, 4.69) is 5.32 Å². The monoisotopic (exact) mass is 455 g/mol. The smallest absolute Gasteiger partial charge is 0.324 e. The number of aliphatic hydroxyl groups excluding tert-OH is 1. The number of hydrogen-bond acceptors (Lipinski definition) is 5. The van der Waals surface area contributed by atoms with Crippen LogP contribution in [0.4, 0.5) is 16.2 Å². The van der Waals surface area contributed by atoms with Gasteiger partial charge in [-0.15, -0.1) is 0 Å². The van der Waals surface area contributed by atoms with Crippen LogP contribution < -0.4 is 14.5 Å². The molecule has 0 saturated carbocycles. The average Bonchev–Trinajstić information content (AvgIpc) is 3.03. The standard InChI is InChI=1S/C19H19Cl2N3O4S/c1-22-19(28)23-8-11(10-25)16-7-14(2-3-17(16)23)24(9-18(26)27)29-15-5-12(20)4-13(21)6-15/h2-7,11,25H,8-10H2,1H3,(H,22,28)(H,26,27). The number of carbonyl (C=O) groups excluding carboxylic acids is 1. The predicted octanol–water partition coefficient (Wildman–Crippen LogP) is 3.83. The molecule has 0 spiro atoms. The van der Waals surface area contributed by atoms with E-state index in [1.54, 1.807) is 52.7 Å². The maximum absolute atomic E-state index is 12.1. The van der Waals surface area contributed by atoms with Crippen molar-refractivity contribution in [3.63, 3.8) is 0 Å². The SMILES string of the molecule is CNC(=O)N1CC(CO)c2cc(N(CC(=O)O)Sc3cc(Cl)cc(Cl)c3)ccc21. The fourth-order valence-corrected chi connectivity index (χ4v) is 4.84. The molecule has 0 aromatic heterocycles. The number of rotatable bonds is 6. The minimum Gasteiger partial charge on any atom is -0.480 e. The number of benzene rings is 2. The number of aliphatic carboxylic acids is 1. The first kappa shape index (κ1) is 21.6. The van der Waals surface area contributed by atoms with Gasteiger partial charge in [0.05, 0.1) is 6.61 Å². The normalized spacial score (nSPS) is 15.2. The van der Waals surface area contributed by atoms with Gasteiger partial charge in [0, 0.05) is 45.8 Å². The summed E-state index contributed by atoms with van der Waals surface area (Å²) in [4.78, 5) is 25.8. The molecule has 1 atom stereocenters. The van der Waals surface area contributed by atoms with Gasteiger partial charge in [0.1, 0.15) is 6.54 Å². The first-order chi connectivity index (χ1) is 13.8. The Bertz CT molecular complexity index is 923. The van der Waals surface area contributed by atoms with E-state index in [0.717, 1.165) is 5.56 Å². The van der Waals surface area contributed by atoms with Crippen LogP contribution in [-0.2, 0) is 4.79 Å². The number of fused-ring (bicyclic) bond motifs is 1. The number of carboxylic acids is 1. The summed E-state index contributed by atoms with van der Waals surface area (Å²) in [6, 6.07) is 10.0. The van der Waals surface area contributed by atoms with Crippen LogP contribution in [0.2, 0.25) is 10.0 Å². The van der Waals surface area contributed by atoms with Crippen LogP contribution in [0.15, 0.2) is 41.3 Å². The van der Waals surface area contributed by atoms with Crippen molar-refractivity contribution in [3.8, 4) is 0 Å². The first-order valence-electron chi connectivity index (χ1n) is 8.69. The summed E-state index contributed by atoms with van der Waals surface area (Å²) < 4.78 is 1.60. The molecule has 1 aliphatic rings. The highest BCUT2D eigenvalue weighted by atomic mass is 35.5. The Labute approximate surface area is 182 Å². The van der Waals surface area contributed by atoms with E-state index in [1.807, 2.05) is 0 Å². The van der Waals surface area contributed by atoms with Crippen LogP contribution in [0.25, 0.3) is 0 Å². The van der Waals surface area contributed by atoms with Crippen molar-refractivity contribution in [1.29, 1.82) is 0 Å². The zero-order chi connectivity index (χ0) is 21.1. The molecule has 0 saturated heterocycles. The highest BCUT2D eigenvalue weighted by Gasteiger charge is 2.32. The Morgan fingerprint density at radius 3 is 2.52 bits per heavy atom. The van der Waals surface area contributed by atoms with E-state index in [-0.39, 0.29) is 25.1 Å². The van der Waals surface area contributed by atoms with Crippen LogP contribution in [0.3, 0.4) is 0 Å². The summed E-state index contributed by atoms with van der Waals surface area (Å²) in [6.07, 6.45) is 0. The second-order valence-corrected chi connectivity index (χ2v) is 8.38. The Morgan fingerprint density at radius 2 is 1.93 bits per heavy atom. The first-order valence-corrected chi connectivity index (χ1v) is 10.2. The summed E-state index contributed by atoms with van der Waals surface area (Å²) in [6.45, 7) is -0.0403. The topological polar surface area (TPSA) is 93.1 Å². The fraction of sp³-hybridized carbons (Fsp3) is 0.263. The second-order valence-electron chi connectivity index (χ2n) is 6.42. The number of nitrogens with one attached hydrogen (secondary N) is 1. The molecular weight excluding hydrogens is 437 g/mol. The van der Waals surface area contributed by atoms with Gasteiger partial charge in [-0.05, 0) is 53.9 Å². The quantitative estimate of drug-likeness (QED) is 0.573. The van der Waals surface area contributed by atoms with Gasteiger partial charge in [-0.3, -0.25) is 9.69 Å². The van der Waals surface area contributed by atoms with Gasteiger partial charge in [-0.25, -0.2) is 4.79 Å². The van der Waals surface area contributed by atoms with Crippen molar-refractivity contribution in [2.45, 2.75) is 10.8 Å². The van der Waals surface area contributed by atoms with E-state index in [1.165, 1.54) is 11.9 Å². The van der Waals surface area contributed by atoms with E-state index in [4.69, 9.17) is 23.2 Å². The van der Waals surface area contributed by atoms with E-state index < -0.39 is 5.97 Å². The molecule has 0 radical (unpaired) electrons. The molecule has 2 aromatic rings. The Morgan fingerprint density at radius 1 is 1.24 bits per heavy atom. The Balaban J connectivity index is 1.96. The zero-order valence-corrected chi connectivity index (χ0v) is 17.8. The van der Waals surface area contributed by atoms with Gasteiger partial charge in [-0.1, -0.05) is 23.2 Å². The molecule has 3 N–H and O–H groups in total. The number of nitrogens with zero attached hydrogens (tertiary/aromatic N) is 2. The minimum atomic E-state index is -1.00. The average molecular weight is 456 g/mol. The fourth-order valence-electron chi connectivity index (χ4n) is 3.18. The maximum atomic E-state index is 12.1. The summed E-state index contributed by atoms with van der Waals surface area (Å²) in [7, 11) is 1.55. The number of hydrogen-bond donors (Lipinski definition) is 3. The molecule has 1 unspecified atom stereocenters. The molecule has 2 aromatic carbocycles. The molecule has 154 valence electrons. The van der Waals surface area contributed by atoms with Gasteiger partial charge in [-0.2, -0.15) is 0 Å². The number of urea groups is 1. The van der Waals surface area contributed by atoms with E-state index >= 15 is 0 Å². The van der Waals surface area contributed by atoms with Gasteiger partial charge in [0.15, 0.2) is 0 Å². The predicted molar refractivity (Wildman–Crippen MR) is 115 cm³/mol.